The average molecular weight is 404 g/mol. The zero-order chi connectivity index (χ0) is 20.8. The van der Waals surface area contributed by atoms with Gasteiger partial charge in [-0.15, -0.1) is 0 Å². The van der Waals surface area contributed by atoms with Gasteiger partial charge in [0.25, 0.3) is 5.91 Å². The summed E-state index contributed by atoms with van der Waals surface area (Å²) in [6, 6.07) is 0.572. The number of carbonyl (C=O) groups is 2. The number of piperidine rings is 2. The summed E-state index contributed by atoms with van der Waals surface area (Å²) in [7, 11) is 5.44. The van der Waals surface area contributed by atoms with E-state index in [1.54, 1.807) is 25.9 Å². The zero-order valence-corrected chi connectivity index (χ0v) is 18.1. The van der Waals surface area contributed by atoms with E-state index in [9.17, 15) is 9.59 Å². The van der Waals surface area contributed by atoms with E-state index >= 15 is 0 Å². The van der Waals surface area contributed by atoms with Crippen LogP contribution in [-0.2, 0) is 29.6 Å². The Hall–Kier alpha value is -1.93. The summed E-state index contributed by atoms with van der Waals surface area (Å²) in [4.78, 5) is 30.1. The summed E-state index contributed by atoms with van der Waals surface area (Å²) in [5.41, 5.74) is 2.48. The summed E-state index contributed by atoms with van der Waals surface area (Å²) in [5, 5.41) is 4.50. The summed E-state index contributed by atoms with van der Waals surface area (Å²) in [6.07, 6.45) is 4.96. The van der Waals surface area contributed by atoms with Gasteiger partial charge < -0.3 is 19.4 Å². The highest BCUT2D eigenvalue weighted by molar-refractivity contribution is 5.93. The molecule has 4 rings (SSSR count). The van der Waals surface area contributed by atoms with Gasteiger partial charge in [0.1, 0.15) is 0 Å². The second kappa shape index (κ2) is 7.72. The molecule has 0 atom stereocenters. The highest BCUT2D eigenvalue weighted by Gasteiger charge is 2.43. The van der Waals surface area contributed by atoms with Gasteiger partial charge in [-0.25, -0.2) is 0 Å². The first-order valence-electron chi connectivity index (χ1n) is 10.7. The molecule has 1 aromatic heterocycles. The van der Waals surface area contributed by atoms with Gasteiger partial charge in [-0.3, -0.25) is 14.3 Å². The Kier molecular flexibility index (Phi) is 5.42. The number of aromatic nitrogens is 2. The van der Waals surface area contributed by atoms with Crippen LogP contribution in [-0.4, -0.2) is 88.2 Å². The number of hydrogen-bond acceptors (Lipinski definition) is 5. The fourth-order valence-electron chi connectivity index (χ4n) is 5.10. The third-order valence-corrected chi connectivity index (χ3v) is 7.03. The van der Waals surface area contributed by atoms with Crippen molar-refractivity contribution < 1.29 is 14.3 Å². The molecule has 160 valence electrons. The summed E-state index contributed by atoms with van der Waals surface area (Å²) >= 11 is 0. The first kappa shape index (κ1) is 20.3. The molecule has 0 aromatic carbocycles. The predicted octanol–water partition coefficient (Wildman–Crippen LogP) is 1.04. The molecular weight excluding hydrogens is 370 g/mol. The minimum atomic E-state index is -0.143. The molecule has 0 aliphatic carbocycles. The molecule has 1 aromatic rings. The van der Waals surface area contributed by atoms with Gasteiger partial charge in [-0.2, -0.15) is 5.10 Å². The molecule has 0 bridgehead atoms. The molecule has 2 fully saturated rings. The quantitative estimate of drug-likeness (QED) is 0.738. The van der Waals surface area contributed by atoms with Crippen molar-refractivity contribution in [1.29, 1.82) is 0 Å². The second-order valence-corrected chi connectivity index (χ2v) is 9.02. The van der Waals surface area contributed by atoms with Gasteiger partial charge in [0, 0.05) is 78.0 Å². The Morgan fingerprint density at radius 1 is 1.14 bits per heavy atom. The van der Waals surface area contributed by atoms with Crippen molar-refractivity contribution in [3.63, 3.8) is 0 Å². The van der Waals surface area contributed by atoms with Crippen molar-refractivity contribution in [1.82, 2.24) is 24.5 Å². The number of ether oxygens (including phenoxy) is 1. The first-order valence-corrected chi connectivity index (χ1v) is 10.7. The van der Waals surface area contributed by atoms with Crippen LogP contribution < -0.4 is 0 Å². The Bertz CT molecular complexity index is 786. The SMILES string of the molecule is CC(=O)N1CCC(N2CCC3(CC2)Cc2c(c(C(=O)N(C)C)nn2C)CO3)CC1. The van der Waals surface area contributed by atoms with Gasteiger partial charge in [0.2, 0.25) is 5.91 Å². The molecule has 3 aliphatic heterocycles. The molecule has 29 heavy (non-hydrogen) atoms. The van der Waals surface area contributed by atoms with E-state index in [1.165, 1.54) is 0 Å². The second-order valence-electron chi connectivity index (χ2n) is 9.02. The van der Waals surface area contributed by atoms with Gasteiger partial charge in [0.15, 0.2) is 5.69 Å². The highest BCUT2D eigenvalue weighted by atomic mass is 16.5. The van der Waals surface area contributed by atoms with Crippen LogP contribution in [0.1, 0.15) is 54.4 Å². The lowest BCUT2D eigenvalue weighted by Crippen LogP contribution is -2.54. The molecule has 1 spiro atoms. The summed E-state index contributed by atoms with van der Waals surface area (Å²) in [6.45, 7) is 5.94. The van der Waals surface area contributed by atoms with Gasteiger partial charge in [-0.1, -0.05) is 0 Å². The van der Waals surface area contributed by atoms with Crippen molar-refractivity contribution in [2.75, 3.05) is 40.3 Å². The van der Waals surface area contributed by atoms with E-state index in [-0.39, 0.29) is 17.4 Å². The van der Waals surface area contributed by atoms with E-state index < -0.39 is 0 Å². The van der Waals surface area contributed by atoms with Crippen LogP contribution in [0.2, 0.25) is 0 Å². The van der Waals surface area contributed by atoms with Crippen molar-refractivity contribution in [2.45, 2.75) is 57.3 Å². The number of rotatable bonds is 2. The lowest BCUT2D eigenvalue weighted by Gasteiger charge is -2.47. The van der Waals surface area contributed by atoms with Crippen LogP contribution in [0.3, 0.4) is 0 Å². The van der Waals surface area contributed by atoms with Crippen molar-refractivity contribution in [3.05, 3.63) is 17.0 Å². The first-order chi connectivity index (χ1) is 13.8. The van der Waals surface area contributed by atoms with Crippen molar-refractivity contribution in [2.24, 2.45) is 7.05 Å². The monoisotopic (exact) mass is 403 g/mol. The number of likely N-dealkylation sites (tertiary alicyclic amines) is 2. The van der Waals surface area contributed by atoms with E-state index in [0.29, 0.717) is 18.3 Å². The number of fused-ring (bicyclic) bond motifs is 1. The van der Waals surface area contributed by atoms with Gasteiger partial charge in [0.05, 0.1) is 12.2 Å². The maximum Gasteiger partial charge on any atom is 0.274 e. The standard InChI is InChI=1S/C21H33N5O3/c1-15(27)25-9-5-16(6-10-25)26-11-7-21(8-12-26)13-18-17(14-29-21)19(22-24(18)4)20(28)23(2)3/h16H,5-14H2,1-4H3. The molecule has 3 aliphatic rings. The minimum absolute atomic E-state index is 0.0619. The van der Waals surface area contributed by atoms with E-state index in [0.717, 1.165) is 69.5 Å². The Balaban J connectivity index is 1.39. The number of hydrogen-bond donors (Lipinski definition) is 0. The normalized spacial score (nSPS) is 22.6. The summed E-state index contributed by atoms with van der Waals surface area (Å²) in [5.74, 6) is 0.129. The van der Waals surface area contributed by atoms with Crippen LogP contribution in [0.5, 0.6) is 0 Å². The minimum Gasteiger partial charge on any atom is -0.370 e. The fourth-order valence-corrected chi connectivity index (χ4v) is 5.10. The lowest BCUT2D eigenvalue weighted by atomic mass is 9.82. The van der Waals surface area contributed by atoms with E-state index in [1.807, 2.05) is 16.6 Å². The van der Waals surface area contributed by atoms with E-state index in [4.69, 9.17) is 4.74 Å². The van der Waals surface area contributed by atoms with Crippen LogP contribution >= 0.6 is 0 Å². The molecule has 0 radical (unpaired) electrons. The molecule has 2 saturated heterocycles. The van der Waals surface area contributed by atoms with Gasteiger partial charge in [-0.05, 0) is 25.7 Å². The molecule has 8 nitrogen and oxygen atoms in total. The van der Waals surface area contributed by atoms with Crippen LogP contribution in [0, 0.1) is 0 Å². The van der Waals surface area contributed by atoms with Crippen LogP contribution in [0.25, 0.3) is 0 Å². The maximum atomic E-state index is 12.4. The van der Waals surface area contributed by atoms with Crippen LogP contribution in [0.4, 0.5) is 0 Å². The molecule has 2 amide bonds. The third-order valence-electron chi connectivity index (χ3n) is 7.03. The van der Waals surface area contributed by atoms with E-state index in [2.05, 4.69) is 10.00 Å². The molecule has 0 N–H and O–H groups in total. The van der Waals surface area contributed by atoms with Gasteiger partial charge >= 0.3 is 0 Å². The van der Waals surface area contributed by atoms with Crippen molar-refractivity contribution >= 4 is 11.8 Å². The highest BCUT2D eigenvalue weighted by Crippen LogP contribution is 2.38. The number of carbonyl (C=O) groups excluding carboxylic acids is 2. The lowest BCUT2D eigenvalue weighted by molar-refractivity contribution is -0.131. The molecule has 8 heteroatoms. The largest absolute Gasteiger partial charge is 0.370 e. The molecule has 4 heterocycles. The number of amides is 2. The number of aryl methyl sites for hydroxylation is 1. The summed E-state index contributed by atoms with van der Waals surface area (Å²) < 4.78 is 8.27. The Morgan fingerprint density at radius 3 is 2.38 bits per heavy atom. The predicted molar refractivity (Wildman–Crippen MR) is 109 cm³/mol. The zero-order valence-electron chi connectivity index (χ0n) is 18.1. The average Bonchev–Trinajstić information content (AvgIpc) is 3.03. The number of nitrogens with zero attached hydrogens (tertiary/aromatic N) is 5. The van der Waals surface area contributed by atoms with Crippen LogP contribution in [0.15, 0.2) is 0 Å². The Labute approximate surface area is 172 Å². The maximum absolute atomic E-state index is 12.4. The van der Waals surface area contributed by atoms with Crippen molar-refractivity contribution in [3.8, 4) is 0 Å². The Morgan fingerprint density at radius 2 is 1.79 bits per heavy atom. The smallest absolute Gasteiger partial charge is 0.274 e. The fraction of sp³-hybridized carbons (Fsp3) is 0.762. The third kappa shape index (κ3) is 3.80. The molecule has 0 saturated carbocycles. The molecular formula is C21H33N5O3. The molecule has 0 unspecified atom stereocenters. The topological polar surface area (TPSA) is 70.9 Å².